The van der Waals surface area contributed by atoms with Crippen molar-refractivity contribution in [2.45, 2.75) is 44.2 Å². The summed E-state index contributed by atoms with van der Waals surface area (Å²) in [6.07, 6.45) is 4.98. The lowest BCUT2D eigenvalue weighted by Crippen LogP contribution is -2.35. The molecule has 0 aromatic heterocycles. The standard InChI is InChI=1S/C11H23NO2S/c13-7-1-8-15-9-6-12-10-2-4-11(14)5-3-10/h10-14H,1-9H2. The molecule has 1 rings (SSSR count). The van der Waals surface area contributed by atoms with Gasteiger partial charge in [-0.05, 0) is 37.9 Å². The molecule has 0 aromatic rings. The quantitative estimate of drug-likeness (QED) is 0.574. The van der Waals surface area contributed by atoms with Crippen LogP contribution in [0.25, 0.3) is 0 Å². The van der Waals surface area contributed by atoms with Crippen LogP contribution < -0.4 is 5.32 Å². The average Bonchev–Trinajstić information content (AvgIpc) is 2.26. The lowest BCUT2D eigenvalue weighted by Gasteiger charge is -2.26. The van der Waals surface area contributed by atoms with E-state index >= 15 is 0 Å². The first-order valence-corrected chi connectivity index (χ1v) is 7.08. The average molecular weight is 233 g/mol. The van der Waals surface area contributed by atoms with Crippen molar-refractivity contribution in [3.63, 3.8) is 0 Å². The number of nitrogens with one attached hydrogen (secondary N) is 1. The molecule has 0 bridgehead atoms. The van der Waals surface area contributed by atoms with E-state index in [0.29, 0.717) is 12.6 Å². The Morgan fingerprint density at radius 1 is 1.13 bits per heavy atom. The molecule has 3 nitrogen and oxygen atoms in total. The fourth-order valence-electron chi connectivity index (χ4n) is 1.88. The molecule has 0 radical (unpaired) electrons. The van der Waals surface area contributed by atoms with Crippen molar-refractivity contribution in [3.05, 3.63) is 0 Å². The van der Waals surface area contributed by atoms with Crippen molar-refractivity contribution >= 4 is 11.8 Å². The minimum atomic E-state index is -0.0537. The lowest BCUT2D eigenvalue weighted by atomic mass is 9.93. The Morgan fingerprint density at radius 2 is 1.87 bits per heavy atom. The summed E-state index contributed by atoms with van der Waals surface area (Å²) in [5, 5.41) is 21.5. The van der Waals surface area contributed by atoms with E-state index in [0.717, 1.165) is 50.2 Å². The third-order valence-electron chi connectivity index (χ3n) is 2.82. The fourth-order valence-corrected chi connectivity index (χ4v) is 2.68. The second-order valence-corrected chi connectivity index (χ2v) is 5.37. The number of thioether (sulfide) groups is 1. The van der Waals surface area contributed by atoms with Crippen molar-refractivity contribution in [1.29, 1.82) is 0 Å². The maximum atomic E-state index is 9.34. The summed E-state index contributed by atoms with van der Waals surface area (Å²) >= 11 is 1.90. The molecule has 0 unspecified atom stereocenters. The first kappa shape index (κ1) is 13.3. The summed E-state index contributed by atoms with van der Waals surface area (Å²) < 4.78 is 0. The SMILES string of the molecule is OCCCSCCNC1CCC(O)CC1. The van der Waals surface area contributed by atoms with E-state index in [9.17, 15) is 5.11 Å². The van der Waals surface area contributed by atoms with Crippen molar-refractivity contribution in [2.24, 2.45) is 0 Å². The van der Waals surface area contributed by atoms with Crippen LogP contribution in [0.5, 0.6) is 0 Å². The summed E-state index contributed by atoms with van der Waals surface area (Å²) in [7, 11) is 0. The van der Waals surface area contributed by atoms with Gasteiger partial charge in [-0.25, -0.2) is 0 Å². The minimum Gasteiger partial charge on any atom is -0.396 e. The third-order valence-corrected chi connectivity index (χ3v) is 3.89. The minimum absolute atomic E-state index is 0.0537. The van der Waals surface area contributed by atoms with Gasteiger partial charge in [0.1, 0.15) is 0 Å². The van der Waals surface area contributed by atoms with Crippen LogP contribution >= 0.6 is 11.8 Å². The Hall–Kier alpha value is 0.230. The van der Waals surface area contributed by atoms with E-state index in [2.05, 4.69) is 5.32 Å². The van der Waals surface area contributed by atoms with Gasteiger partial charge in [0.25, 0.3) is 0 Å². The molecule has 0 atom stereocenters. The van der Waals surface area contributed by atoms with Crippen LogP contribution in [0.1, 0.15) is 32.1 Å². The topological polar surface area (TPSA) is 52.5 Å². The van der Waals surface area contributed by atoms with Crippen LogP contribution in [-0.4, -0.2) is 47.0 Å². The van der Waals surface area contributed by atoms with E-state index in [1.165, 1.54) is 0 Å². The molecule has 0 spiro atoms. The number of hydrogen-bond donors (Lipinski definition) is 3. The lowest BCUT2D eigenvalue weighted by molar-refractivity contribution is 0.117. The Balaban J connectivity index is 1.87. The highest BCUT2D eigenvalue weighted by Gasteiger charge is 2.18. The van der Waals surface area contributed by atoms with Gasteiger partial charge in [-0.3, -0.25) is 0 Å². The van der Waals surface area contributed by atoms with Gasteiger partial charge in [-0.2, -0.15) is 11.8 Å². The predicted molar refractivity (Wildman–Crippen MR) is 65.3 cm³/mol. The molecule has 15 heavy (non-hydrogen) atoms. The monoisotopic (exact) mass is 233 g/mol. The zero-order chi connectivity index (χ0) is 10.9. The smallest absolute Gasteiger partial charge is 0.0541 e. The molecule has 90 valence electrons. The third kappa shape index (κ3) is 6.40. The molecular formula is C11H23NO2S. The number of aliphatic hydroxyl groups excluding tert-OH is 2. The van der Waals surface area contributed by atoms with Gasteiger partial charge in [0.2, 0.25) is 0 Å². The zero-order valence-electron chi connectivity index (χ0n) is 9.32. The predicted octanol–water partition coefficient (Wildman–Crippen LogP) is 0.995. The summed E-state index contributed by atoms with van der Waals surface area (Å²) in [5.41, 5.74) is 0. The normalized spacial score (nSPS) is 26.8. The molecule has 1 aliphatic carbocycles. The highest BCUT2D eigenvalue weighted by Crippen LogP contribution is 2.18. The van der Waals surface area contributed by atoms with E-state index in [-0.39, 0.29) is 6.10 Å². The highest BCUT2D eigenvalue weighted by molar-refractivity contribution is 7.99. The van der Waals surface area contributed by atoms with Crippen molar-refractivity contribution in [1.82, 2.24) is 5.32 Å². The number of rotatable bonds is 7. The molecule has 0 aliphatic heterocycles. The van der Waals surface area contributed by atoms with Crippen molar-refractivity contribution < 1.29 is 10.2 Å². The molecule has 1 saturated carbocycles. The molecule has 0 amide bonds. The first-order chi connectivity index (χ1) is 7.33. The fraction of sp³-hybridized carbons (Fsp3) is 1.00. The first-order valence-electron chi connectivity index (χ1n) is 5.93. The van der Waals surface area contributed by atoms with E-state index in [1.807, 2.05) is 11.8 Å². The number of aliphatic hydroxyl groups is 2. The van der Waals surface area contributed by atoms with Gasteiger partial charge < -0.3 is 15.5 Å². The molecule has 4 heteroatoms. The Bertz CT molecular complexity index is 150. The molecule has 0 saturated heterocycles. The molecular weight excluding hydrogens is 210 g/mol. The van der Waals surface area contributed by atoms with Crippen LogP contribution in [0.4, 0.5) is 0 Å². The van der Waals surface area contributed by atoms with Crippen molar-refractivity contribution in [2.75, 3.05) is 24.7 Å². The van der Waals surface area contributed by atoms with E-state index in [4.69, 9.17) is 5.11 Å². The van der Waals surface area contributed by atoms with Gasteiger partial charge in [-0.1, -0.05) is 0 Å². The summed E-state index contributed by atoms with van der Waals surface area (Å²) in [5.74, 6) is 2.18. The molecule has 3 N–H and O–H groups in total. The number of hydrogen-bond acceptors (Lipinski definition) is 4. The Labute approximate surface area is 96.6 Å². The van der Waals surface area contributed by atoms with Gasteiger partial charge in [-0.15, -0.1) is 0 Å². The van der Waals surface area contributed by atoms with Crippen LogP contribution in [0, 0.1) is 0 Å². The van der Waals surface area contributed by atoms with Gasteiger partial charge in [0.05, 0.1) is 6.10 Å². The van der Waals surface area contributed by atoms with Gasteiger partial charge in [0, 0.05) is 24.9 Å². The van der Waals surface area contributed by atoms with E-state index < -0.39 is 0 Å². The largest absolute Gasteiger partial charge is 0.396 e. The van der Waals surface area contributed by atoms with Gasteiger partial charge in [0.15, 0.2) is 0 Å². The van der Waals surface area contributed by atoms with Crippen LogP contribution in [-0.2, 0) is 0 Å². The summed E-state index contributed by atoms with van der Waals surface area (Å²) in [6, 6.07) is 0.617. The summed E-state index contributed by atoms with van der Waals surface area (Å²) in [6.45, 7) is 1.36. The van der Waals surface area contributed by atoms with Crippen LogP contribution in [0.15, 0.2) is 0 Å². The van der Waals surface area contributed by atoms with E-state index in [1.54, 1.807) is 0 Å². The molecule has 1 aliphatic rings. The second kappa shape index (κ2) is 8.39. The Morgan fingerprint density at radius 3 is 2.53 bits per heavy atom. The maximum absolute atomic E-state index is 9.34. The zero-order valence-corrected chi connectivity index (χ0v) is 10.1. The van der Waals surface area contributed by atoms with Crippen LogP contribution in [0.3, 0.4) is 0 Å². The Kier molecular flexibility index (Phi) is 7.44. The van der Waals surface area contributed by atoms with Crippen molar-refractivity contribution in [3.8, 4) is 0 Å². The molecule has 0 heterocycles. The molecule has 0 aromatic carbocycles. The highest BCUT2D eigenvalue weighted by atomic mass is 32.2. The summed E-state index contributed by atoms with van der Waals surface area (Å²) in [4.78, 5) is 0. The second-order valence-electron chi connectivity index (χ2n) is 4.15. The van der Waals surface area contributed by atoms with Crippen LogP contribution in [0.2, 0.25) is 0 Å². The molecule has 1 fully saturated rings. The van der Waals surface area contributed by atoms with Gasteiger partial charge >= 0.3 is 0 Å². The maximum Gasteiger partial charge on any atom is 0.0541 e.